The van der Waals surface area contributed by atoms with Gasteiger partial charge in [-0.2, -0.15) is 0 Å². The Hall–Kier alpha value is -1.09. The molecule has 0 N–H and O–H groups in total. The van der Waals surface area contributed by atoms with E-state index < -0.39 is 0 Å². The number of hydrogen-bond acceptors (Lipinski definition) is 2. The van der Waals surface area contributed by atoms with Crippen molar-refractivity contribution in [2.24, 2.45) is 5.92 Å². The maximum absolute atomic E-state index is 11.7. The van der Waals surface area contributed by atoms with E-state index in [9.17, 15) is 4.79 Å². The normalized spacial score (nSPS) is 12.9. The lowest BCUT2D eigenvalue weighted by molar-refractivity contribution is 0.0447. The third kappa shape index (κ3) is 3.81. The monoisotopic (exact) mass is 236 g/mol. The highest BCUT2D eigenvalue weighted by Gasteiger charge is 2.08. The average Bonchev–Trinajstić information content (AvgIpc) is 2.35. The highest BCUT2D eigenvalue weighted by atomic mass is 28.2. The predicted molar refractivity (Wildman–Crippen MR) is 70.2 cm³/mol. The van der Waals surface area contributed by atoms with Crippen LogP contribution in [-0.2, 0) is 4.74 Å². The van der Waals surface area contributed by atoms with Gasteiger partial charge in [0.2, 0.25) is 0 Å². The average molecular weight is 236 g/mol. The molecule has 3 heteroatoms. The summed E-state index contributed by atoms with van der Waals surface area (Å²) >= 11 is 0. The molecule has 0 saturated carbocycles. The van der Waals surface area contributed by atoms with E-state index in [2.05, 4.69) is 20.4 Å². The first-order chi connectivity index (χ1) is 7.67. The van der Waals surface area contributed by atoms with Gasteiger partial charge >= 0.3 is 5.97 Å². The summed E-state index contributed by atoms with van der Waals surface area (Å²) < 4.78 is 5.23. The van der Waals surface area contributed by atoms with Gasteiger partial charge in [-0.05, 0) is 18.1 Å². The maximum atomic E-state index is 11.7. The molecule has 0 radical (unpaired) electrons. The zero-order valence-electron chi connectivity index (χ0n) is 10.3. The zero-order valence-corrected chi connectivity index (χ0v) is 11.7. The molecule has 0 amide bonds. The summed E-state index contributed by atoms with van der Waals surface area (Å²) in [7, 11) is -0.130. The van der Waals surface area contributed by atoms with E-state index in [4.69, 9.17) is 4.74 Å². The molecule has 0 aliphatic rings. The van der Waals surface area contributed by atoms with Crippen LogP contribution in [0.4, 0.5) is 0 Å². The summed E-state index contributed by atoms with van der Waals surface area (Å²) in [5, 5.41) is 1.37. The molecule has 0 spiro atoms. The Bertz CT molecular complexity index is 332. The molecule has 1 atom stereocenters. The largest absolute Gasteiger partial charge is 0.462 e. The van der Waals surface area contributed by atoms with E-state index in [0.29, 0.717) is 18.1 Å². The van der Waals surface area contributed by atoms with Crippen LogP contribution < -0.4 is 5.19 Å². The van der Waals surface area contributed by atoms with Gasteiger partial charge in [-0.25, -0.2) is 4.79 Å². The van der Waals surface area contributed by atoms with Crippen molar-refractivity contribution in [3.8, 4) is 0 Å². The lowest BCUT2D eigenvalue weighted by Crippen LogP contribution is -2.14. The quantitative estimate of drug-likeness (QED) is 0.575. The summed E-state index contributed by atoms with van der Waals surface area (Å²) in [6.07, 6.45) is 1.04. The van der Waals surface area contributed by atoms with Crippen LogP contribution in [0.5, 0.6) is 0 Å². The van der Waals surface area contributed by atoms with E-state index in [1.165, 1.54) is 5.19 Å². The molecule has 1 unspecified atom stereocenters. The van der Waals surface area contributed by atoms with Crippen molar-refractivity contribution in [1.29, 1.82) is 0 Å². The van der Waals surface area contributed by atoms with Crippen molar-refractivity contribution in [1.82, 2.24) is 0 Å². The van der Waals surface area contributed by atoms with E-state index >= 15 is 0 Å². The minimum atomic E-state index is -0.204. The first-order valence-electron chi connectivity index (χ1n) is 5.93. The van der Waals surface area contributed by atoms with Crippen LogP contribution in [0.2, 0.25) is 6.55 Å². The molecule has 1 aromatic carbocycles. The Balaban J connectivity index is 2.52. The van der Waals surface area contributed by atoms with Gasteiger partial charge in [-0.3, -0.25) is 0 Å². The van der Waals surface area contributed by atoms with Crippen LogP contribution >= 0.6 is 0 Å². The van der Waals surface area contributed by atoms with Gasteiger partial charge in [0.15, 0.2) is 0 Å². The number of carbonyl (C=O) groups excluding carboxylic acids is 1. The fourth-order valence-corrected chi connectivity index (χ4v) is 2.00. The number of rotatable bonds is 5. The second-order valence-corrected chi connectivity index (χ2v) is 5.69. The Morgan fingerprint density at radius 1 is 1.38 bits per heavy atom. The van der Waals surface area contributed by atoms with Gasteiger partial charge < -0.3 is 4.74 Å². The van der Waals surface area contributed by atoms with E-state index in [1.807, 2.05) is 24.3 Å². The molecule has 88 valence electrons. The molecule has 16 heavy (non-hydrogen) atoms. The first-order valence-corrected chi connectivity index (χ1v) is 8.05. The maximum Gasteiger partial charge on any atom is 0.338 e. The molecule has 0 aliphatic carbocycles. The molecule has 2 nitrogen and oxygen atoms in total. The van der Waals surface area contributed by atoms with Crippen LogP contribution in [0.1, 0.15) is 30.6 Å². The summed E-state index contributed by atoms with van der Waals surface area (Å²) in [6.45, 7) is 6.92. The number of carbonyl (C=O) groups is 1. The van der Waals surface area contributed by atoms with E-state index in [-0.39, 0.29) is 15.5 Å². The zero-order chi connectivity index (χ0) is 12.0. The summed E-state index contributed by atoms with van der Waals surface area (Å²) in [5.74, 6) is 0.232. The fourth-order valence-electron chi connectivity index (χ4n) is 1.30. The predicted octanol–water partition coefficient (Wildman–Crippen LogP) is 1.73. The molecule has 1 rings (SSSR count). The standard InChI is InChI=1S/C13H20O2Si/c1-4-10(2)9-15-13(14)11-5-7-12(16-3)8-6-11/h5-8,10H,4,9,16H2,1-3H3. The molecule has 0 fully saturated rings. The number of benzene rings is 1. The van der Waals surface area contributed by atoms with Gasteiger partial charge in [-0.15, -0.1) is 0 Å². The molecule has 0 aromatic heterocycles. The van der Waals surface area contributed by atoms with E-state index in [0.717, 1.165) is 6.42 Å². The molecule has 0 bridgehead atoms. The minimum Gasteiger partial charge on any atom is -0.462 e. The van der Waals surface area contributed by atoms with Crippen LogP contribution in [0.15, 0.2) is 24.3 Å². The lowest BCUT2D eigenvalue weighted by atomic mass is 10.1. The lowest BCUT2D eigenvalue weighted by Gasteiger charge is -2.09. The molecular weight excluding hydrogens is 216 g/mol. The Kier molecular flexibility index (Phi) is 5.26. The highest BCUT2D eigenvalue weighted by molar-refractivity contribution is 6.51. The van der Waals surface area contributed by atoms with Crippen molar-refractivity contribution in [3.05, 3.63) is 29.8 Å². The Morgan fingerprint density at radius 3 is 2.50 bits per heavy atom. The van der Waals surface area contributed by atoms with Crippen LogP contribution in [0.25, 0.3) is 0 Å². The van der Waals surface area contributed by atoms with Gasteiger partial charge in [-0.1, -0.05) is 44.1 Å². The van der Waals surface area contributed by atoms with Gasteiger partial charge in [0, 0.05) is 0 Å². The second kappa shape index (κ2) is 6.48. The van der Waals surface area contributed by atoms with Gasteiger partial charge in [0.05, 0.1) is 21.7 Å². The minimum absolute atomic E-state index is 0.130. The van der Waals surface area contributed by atoms with Crippen molar-refractivity contribution < 1.29 is 9.53 Å². The Morgan fingerprint density at radius 2 is 2.00 bits per heavy atom. The first kappa shape index (κ1) is 13.0. The molecular formula is C13H20O2Si. The number of esters is 1. The van der Waals surface area contributed by atoms with Crippen LogP contribution in [0.3, 0.4) is 0 Å². The van der Waals surface area contributed by atoms with Crippen molar-refractivity contribution in [3.63, 3.8) is 0 Å². The van der Waals surface area contributed by atoms with Crippen molar-refractivity contribution in [2.45, 2.75) is 26.8 Å². The Labute approximate surface area is 99.8 Å². The third-order valence-corrected chi connectivity index (χ3v) is 4.08. The smallest absolute Gasteiger partial charge is 0.338 e. The number of ether oxygens (including phenoxy) is 1. The summed E-state index contributed by atoms with van der Waals surface area (Å²) in [5.41, 5.74) is 0.662. The molecule has 0 heterocycles. The molecule has 0 saturated heterocycles. The van der Waals surface area contributed by atoms with Crippen LogP contribution in [-0.4, -0.2) is 22.1 Å². The van der Waals surface area contributed by atoms with Gasteiger partial charge in [0.25, 0.3) is 0 Å². The topological polar surface area (TPSA) is 26.3 Å². The third-order valence-electron chi connectivity index (χ3n) is 2.79. The fraction of sp³-hybridized carbons (Fsp3) is 0.462. The van der Waals surface area contributed by atoms with Crippen LogP contribution in [0, 0.1) is 5.92 Å². The highest BCUT2D eigenvalue weighted by Crippen LogP contribution is 2.05. The van der Waals surface area contributed by atoms with Crippen molar-refractivity contribution in [2.75, 3.05) is 6.61 Å². The SMILES string of the molecule is CCC(C)COC(=O)c1ccc([SiH2]C)cc1. The molecule has 1 aromatic rings. The number of hydrogen-bond donors (Lipinski definition) is 0. The second-order valence-electron chi connectivity index (χ2n) is 4.16. The van der Waals surface area contributed by atoms with Gasteiger partial charge in [0.1, 0.15) is 0 Å². The van der Waals surface area contributed by atoms with E-state index in [1.54, 1.807) is 0 Å². The van der Waals surface area contributed by atoms with Crippen molar-refractivity contribution >= 4 is 20.7 Å². The summed E-state index contributed by atoms with van der Waals surface area (Å²) in [4.78, 5) is 11.7. The molecule has 0 aliphatic heterocycles. The summed E-state index contributed by atoms with van der Waals surface area (Å²) in [6, 6.07) is 7.80.